The summed E-state index contributed by atoms with van der Waals surface area (Å²) >= 11 is 6.22. The van der Waals surface area contributed by atoms with Gasteiger partial charge in [0.15, 0.2) is 0 Å². The molecule has 4 heteroatoms. The largest absolute Gasteiger partial charge is 0.379 e. The fourth-order valence-corrected chi connectivity index (χ4v) is 2.80. The van der Waals surface area contributed by atoms with Crippen LogP contribution in [0, 0.1) is 13.8 Å². The van der Waals surface area contributed by atoms with Gasteiger partial charge < -0.3 is 9.88 Å². The van der Waals surface area contributed by atoms with E-state index in [1.54, 1.807) is 6.20 Å². The summed E-state index contributed by atoms with van der Waals surface area (Å²) in [5.41, 5.74) is 5.77. The number of nitrogens with one attached hydrogen (secondary N) is 1. The molecule has 0 aliphatic heterocycles. The Hall–Kier alpha value is -2.00. The van der Waals surface area contributed by atoms with Gasteiger partial charge in [0.1, 0.15) is 0 Å². The number of halogens is 1. The van der Waals surface area contributed by atoms with Crippen molar-refractivity contribution in [2.24, 2.45) is 7.05 Å². The molecule has 0 radical (unpaired) electrons. The van der Waals surface area contributed by atoms with Crippen molar-refractivity contribution in [2.75, 3.05) is 5.32 Å². The Balaban J connectivity index is 1.92. The van der Waals surface area contributed by atoms with Crippen LogP contribution in [0.2, 0.25) is 5.02 Å². The number of aromatic nitrogens is 2. The Kier molecular flexibility index (Phi) is 3.60. The third-order valence-corrected chi connectivity index (χ3v) is 4.40. The minimum atomic E-state index is 0.732. The molecule has 3 aromatic rings. The summed E-state index contributed by atoms with van der Waals surface area (Å²) in [5, 5.41) is 5.19. The molecule has 0 atom stereocenters. The van der Waals surface area contributed by atoms with Crippen molar-refractivity contribution in [3.05, 3.63) is 58.5 Å². The average Bonchev–Trinajstić information content (AvgIpc) is 2.74. The van der Waals surface area contributed by atoms with Gasteiger partial charge in [-0.3, -0.25) is 4.98 Å². The van der Waals surface area contributed by atoms with E-state index in [0.29, 0.717) is 0 Å². The van der Waals surface area contributed by atoms with Crippen molar-refractivity contribution in [3.8, 4) is 0 Å². The lowest BCUT2D eigenvalue weighted by atomic mass is 10.1. The summed E-state index contributed by atoms with van der Waals surface area (Å²) in [5.74, 6) is 0. The van der Waals surface area contributed by atoms with Crippen LogP contribution in [-0.4, -0.2) is 9.55 Å². The molecule has 0 amide bonds. The van der Waals surface area contributed by atoms with Crippen molar-refractivity contribution in [3.63, 3.8) is 0 Å². The van der Waals surface area contributed by atoms with Gasteiger partial charge in [-0.05, 0) is 49.7 Å². The molecule has 0 fully saturated rings. The fourth-order valence-electron chi connectivity index (χ4n) is 2.58. The van der Waals surface area contributed by atoms with Gasteiger partial charge in [0.25, 0.3) is 0 Å². The molecule has 3 rings (SSSR count). The molecule has 0 unspecified atom stereocenters. The molecule has 1 aromatic carbocycles. The average molecular weight is 300 g/mol. The first-order valence-electron chi connectivity index (χ1n) is 6.97. The molecule has 2 aromatic heterocycles. The van der Waals surface area contributed by atoms with Crippen LogP contribution in [0.4, 0.5) is 5.69 Å². The fraction of sp³-hybridized carbons (Fsp3) is 0.235. The van der Waals surface area contributed by atoms with Gasteiger partial charge in [-0.15, -0.1) is 0 Å². The zero-order chi connectivity index (χ0) is 15.0. The first-order chi connectivity index (χ1) is 10.1. The summed E-state index contributed by atoms with van der Waals surface area (Å²) in [6.07, 6.45) is 1.79. The smallest absolute Gasteiger partial charge is 0.0948 e. The zero-order valence-corrected chi connectivity index (χ0v) is 13.2. The van der Waals surface area contributed by atoms with Gasteiger partial charge in [0.2, 0.25) is 0 Å². The SMILES string of the molecule is Cc1cc(CNc2ccc(Cl)c3cccnc23)c(C)n1C. The number of nitrogens with zero attached hydrogens (tertiary/aromatic N) is 2. The molecule has 3 nitrogen and oxygen atoms in total. The third-order valence-electron chi connectivity index (χ3n) is 4.07. The first-order valence-corrected chi connectivity index (χ1v) is 7.34. The maximum absolute atomic E-state index is 6.22. The van der Waals surface area contributed by atoms with Gasteiger partial charge in [-0.2, -0.15) is 0 Å². The molecule has 0 bridgehead atoms. The second kappa shape index (κ2) is 5.41. The van der Waals surface area contributed by atoms with Crippen LogP contribution in [0.5, 0.6) is 0 Å². The summed E-state index contributed by atoms with van der Waals surface area (Å²) in [7, 11) is 2.09. The minimum Gasteiger partial charge on any atom is -0.379 e. The van der Waals surface area contributed by atoms with E-state index < -0.39 is 0 Å². The highest BCUT2D eigenvalue weighted by Crippen LogP contribution is 2.28. The quantitative estimate of drug-likeness (QED) is 0.774. The molecular weight excluding hydrogens is 282 g/mol. The Morgan fingerprint density at radius 3 is 2.76 bits per heavy atom. The number of pyridine rings is 1. The lowest BCUT2D eigenvalue weighted by Crippen LogP contribution is -2.02. The molecule has 0 spiro atoms. The highest BCUT2D eigenvalue weighted by Gasteiger charge is 2.08. The molecule has 0 saturated carbocycles. The summed E-state index contributed by atoms with van der Waals surface area (Å²) in [6.45, 7) is 5.04. The molecule has 0 aliphatic carbocycles. The molecule has 2 heterocycles. The van der Waals surface area contributed by atoms with E-state index in [1.165, 1.54) is 17.0 Å². The van der Waals surface area contributed by atoms with Crippen LogP contribution in [0.3, 0.4) is 0 Å². The summed E-state index contributed by atoms with van der Waals surface area (Å²) in [4.78, 5) is 4.45. The maximum Gasteiger partial charge on any atom is 0.0948 e. The van der Waals surface area contributed by atoms with Gasteiger partial charge in [-0.1, -0.05) is 11.6 Å². The monoisotopic (exact) mass is 299 g/mol. The molecule has 0 saturated heterocycles. The van der Waals surface area contributed by atoms with E-state index >= 15 is 0 Å². The van der Waals surface area contributed by atoms with E-state index in [0.717, 1.165) is 28.2 Å². The van der Waals surface area contributed by atoms with Gasteiger partial charge in [0.05, 0.1) is 16.2 Å². The highest BCUT2D eigenvalue weighted by molar-refractivity contribution is 6.35. The predicted molar refractivity (Wildman–Crippen MR) is 89.0 cm³/mol. The van der Waals surface area contributed by atoms with Crippen LogP contribution in [0.25, 0.3) is 10.9 Å². The van der Waals surface area contributed by atoms with Crippen LogP contribution in [0.1, 0.15) is 17.0 Å². The molecule has 21 heavy (non-hydrogen) atoms. The Morgan fingerprint density at radius 2 is 2.05 bits per heavy atom. The Labute approximate surface area is 129 Å². The van der Waals surface area contributed by atoms with E-state index in [2.05, 4.69) is 41.8 Å². The van der Waals surface area contributed by atoms with Crippen LogP contribution >= 0.6 is 11.6 Å². The van der Waals surface area contributed by atoms with Gasteiger partial charge in [-0.25, -0.2) is 0 Å². The number of benzene rings is 1. The zero-order valence-electron chi connectivity index (χ0n) is 12.4. The second-order valence-electron chi connectivity index (χ2n) is 5.30. The predicted octanol–water partition coefficient (Wildman–Crippen LogP) is 4.46. The second-order valence-corrected chi connectivity index (χ2v) is 5.71. The minimum absolute atomic E-state index is 0.732. The van der Waals surface area contributed by atoms with Crippen molar-refractivity contribution >= 4 is 28.2 Å². The lowest BCUT2D eigenvalue weighted by Gasteiger charge is -2.10. The lowest BCUT2D eigenvalue weighted by molar-refractivity contribution is 0.837. The number of hydrogen-bond donors (Lipinski definition) is 1. The van der Waals surface area contributed by atoms with E-state index in [4.69, 9.17) is 11.6 Å². The molecule has 0 aliphatic rings. The van der Waals surface area contributed by atoms with Crippen molar-refractivity contribution in [1.29, 1.82) is 0 Å². The van der Waals surface area contributed by atoms with E-state index in [9.17, 15) is 0 Å². The number of rotatable bonds is 3. The first kappa shape index (κ1) is 14.0. The highest BCUT2D eigenvalue weighted by atomic mass is 35.5. The summed E-state index contributed by atoms with van der Waals surface area (Å²) in [6, 6.07) is 10.0. The van der Waals surface area contributed by atoms with Gasteiger partial charge in [0, 0.05) is 36.6 Å². The van der Waals surface area contributed by atoms with Gasteiger partial charge >= 0.3 is 0 Å². The molecular formula is C17H18ClN3. The van der Waals surface area contributed by atoms with E-state index in [-0.39, 0.29) is 0 Å². The third kappa shape index (κ3) is 2.49. The number of aryl methyl sites for hydroxylation is 1. The Morgan fingerprint density at radius 1 is 1.24 bits per heavy atom. The van der Waals surface area contributed by atoms with Crippen LogP contribution < -0.4 is 5.32 Å². The standard InChI is InChI=1S/C17H18ClN3/c1-11-9-13(12(2)21(11)3)10-20-16-7-6-15(18)14-5-4-8-19-17(14)16/h4-9,20H,10H2,1-3H3. The summed E-state index contributed by atoms with van der Waals surface area (Å²) < 4.78 is 2.20. The van der Waals surface area contributed by atoms with E-state index in [1.807, 2.05) is 24.3 Å². The number of hydrogen-bond acceptors (Lipinski definition) is 2. The molecule has 1 N–H and O–H groups in total. The van der Waals surface area contributed by atoms with Crippen molar-refractivity contribution < 1.29 is 0 Å². The number of fused-ring (bicyclic) bond motifs is 1. The van der Waals surface area contributed by atoms with Crippen LogP contribution in [0.15, 0.2) is 36.5 Å². The molecule has 108 valence electrons. The topological polar surface area (TPSA) is 29.9 Å². The van der Waals surface area contributed by atoms with Crippen molar-refractivity contribution in [1.82, 2.24) is 9.55 Å². The maximum atomic E-state index is 6.22. The Bertz CT molecular complexity index is 805. The van der Waals surface area contributed by atoms with Crippen molar-refractivity contribution in [2.45, 2.75) is 20.4 Å². The number of anilines is 1. The normalized spacial score (nSPS) is 11.0. The van der Waals surface area contributed by atoms with Crippen LogP contribution in [-0.2, 0) is 13.6 Å².